The lowest BCUT2D eigenvalue weighted by Gasteiger charge is -2.10. The number of pyridine rings is 1. The highest BCUT2D eigenvalue weighted by atomic mass is 79.9. The third-order valence-electron chi connectivity index (χ3n) is 5.26. The van der Waals surface area contributed by atoms with Crippen LogP contribution in [0.4, 0.5) is 5.82 Å². The maximum absolute atomic E-state index is 12.5. The number of aromatic nitrogens is 3. The molecular formula is C24H20BrN5O3S2. The first-order valence-electron chi connectivity index (χ1n) is 10.6. The summed E-state index contributed by atoms with van der Waals surface area (Å²) in [7, 11) is -3.59. The zero-order valence-electron chi connectivity index (χ0n) is 18.2. The summed E-state index contributed by atoms with van der Waals surface area (Å²) in [6.45, 7) is 0.548. The Kier molecular flexibility index (Phi) is 6.56. The molecular weight excluding hydrogens is 550 g/mol. The maximum atomic E-state index is 12.5. The predicted molar refractivity (Wildman–Crippen MR) is 141 cm³/mol. The lowest BCUT2D eigenvalue weighted by molar-refractivity contribution is 0.475. The van der Waals surface area contributed by atoms with Gasteiger partial charge in [0.2, 0.25) is 10.0 Å². The lowest BCUT2D eigenvalue weighted by atomic mass is 10.1. The number of nitrogens with zero attached hydrogens (tertiary/aromatic N) is 3. The molecule has 35 heavy (non-hydrogen) atoms. The summed E-state index contributed by atoms with van der Waals surface area (Å²) in [4.78, 5) is 10.2. The van der Waals surface area contributed by atoms with Crippen LogP contribution < -0.4 is 10.0 Å². The number of aromatic hydroxyl groups is 1. The molecule has 2 aromatic carbocycles. The van der Waals surface area contributed by atoms with Crippen molar-refractivity contribution in [3.63, 3.8) is 0 Å². The zero-order valence-corrected chi connectivity index (χ0v) is 21.4. The van der Waals surface area contributed by atoms with Crippen LogP contribution in [0, 0.1) is 0 Å². The van der Waals surface area contributed by atoms with Crippen LogP contribution in [-0.4, -0.2) is 41.0 Å². The van der Waals surface area contributed by atoms with Crippen LogP contribution in [0.1, 0.15) is 0 Å². The fraction of sp³-hybridized carbons (Fsp3) is 0.0833. The van der Waals surface area contributed by atoms with Crippen molar-refractivity contribution in [3.05, 3.63) is 82.9 Å². The number of phenols is 1. The molecule has 178 valence electrons. The molecule has 3 aromatic heterocycles. The molecule has 0 unspecified atom stereocenters. The number of imidazole rings is 1. The molecule has 8 nitrogen and oxygen atoms in total. The average Bonchev–Trinajstić information content (AvgIpc) is 3.44. The number of halogens is 1. The Balaban J connectivity index is 1.34. The SMILES string of the molecule is O=S(=O)(NCCNc1cc(-c2c(-c3cccc(O)c3)nc3sccn23)ccn1)c1ccc(Br)cc1. The minimum atomic E-state index is -3.59. The van der Waals surface area contributed by atoms with Crippen LogP contribution in [0.15, 0.2) is 87.8 Å². The highest BCUT2D eigenvalue weighted by Crippen LogP contribution is 2.35. The lowest BCUT2D eigenvalue weighted by Crippen LogP contribution is -2.29. The van der Waals surface area contributed by atoms with Gasteiger partial charge in [-0.15, -0.1) is 11.3 Å². The van der Waals surface area contributed by atoms with E-state index in [0.29, 0.717) is 12.4 Å². The largest absolute Gasteiger partial charge is 0.508 e. The van der Waals surface area contributed by atoms with Crippen LogP contribution in [0.3, 0.4) is 0 Å². The fourth-order valence-corrected chi connectivity index (χ4v) is 5.67. The van der Waals surface area contributed by atoms with Gasteiger partial charge < -0.3 is 10.4 Å². The molecule has 5 aromatic rings. The number of nitrogens with one attached hydrogen (secondary N) is 2. The van der Waals surface area contributed by atoms with E-state index in [-0.39, 0.29) is 17.2 Å². The second-order valence-corrected chi connectivity index (χ2v) is 11.2. The molecule has 0 saturated carbocycles. The second-order valence-electron chi connectivity index (χ2n) is 7.62. The van der Waals surface area contributed by atoms with Crippen molar-refractivity contribution in [1.82, 2.24) is 19.1 Å². The number of rotatable bonds is 8. The summed E-state index contributed by atoms with van der Waals surface area (Å²) in [5, 5.41) is 15.1. The minimum Gasteiger partial charge on any atom is -0.508 e. The van der Waals surface area contributed by atoms with Crippen LogP contribution >= 0.6 is 27.3 Å². The van der Waals surface area contributed by atoms with E-state index in [2.05, 4.69) is 31.0 Å². The van der Waals surface area contributed by atoms with Gasteiger partial charge >= 0.3 is 0 Å². The van der Waals surface area contributed by atoms with Gasteiger partial charge in [0, 0.05) is 46.5 Å². The average molecular weight is 570 g/mol. The normalized spacial score (nSPS) is 11.7. The molecule has 11 heteroatoms. The summed E-state index contributed by atoms with van der Waals surface area (Å²) >= 11 is 4.83. The molecule has 3 heterocycles. The zero-order chi connectivity index (χ0) is 24.4. The van der Waals surface area contributed by atoms with Crippen molar-refractivity contribution in [2.75, 3.05) is 18.4 Å². The van der Waals surface area contributed by atoms with Crippen molar-refractivity contribution < 1.29 is 13.5 Å². The van der Waals surface area contributed by atoms with Gasteiger partial charge in [0.25, 0.3) is 0 Å². The first-order chi connectivity index (χ1) is 16.9. The molecule has 0 aliphatic carbocycles. The van der Waals surface area contributed by atoms with Crippen LogP contribution in [-0.2, 0) is 10.0 Å². The van der Waals surface area contributed by atoms with Gasteiger partial charge in [-0.3, -0.25) is 4.40 Å². The first kappa shape index (κ1) is 23.5. The number of sulfonamides is 1. The minimum absolute atomic E-state index is 0.174. The van der Waals surface area contributed by atoms with Gasteiger partial charge in [-0.1, -0.05) is 28.1 Å². The second kappa shape index (κ2) is 9.78. The van der Waals surface area contributed by atoms with Crippen molar-refractivity contribution in [1.29, 1.82) is 0 Å². The smallest absolute Gasteiger partial charge is 0.240 e. The van der Waals surface area contributed by atoms with Gasteiger partial charge in [-0.05, 0) is 48.5 Å². The van der Waals surface area contributed by atoms with E-state index in [9.17, 15) is 13.5 Å². The van der Waals surface area contributed by atoms with Crippen LogP contribution in [0.2, 0.25) is 0 Å². The summed E-state index contributed by atoms with van der Waals surface area (Å²) in [5.41, 5.74) is 3.34. The number of hydrogen-bond donors (Lipinski definition) is 3. The Bertz CT molecular complexity index is 1600. The third-order valence-corrected chi connectivity index (χ3v) is 8.02. The van der Waals surface area contributed by atoms with Crippen molar-refractivity contribution in [3.8, 4) is 28.3 Å². The maximum Gasteiger partial charge on any atom is 0.240 e. The molecule has 5 rings (SSSR count). The number of hydrogen-bond acceptors (Lipinski definition) is 7. The Hall–Kier alpha value is -3.25. The predicted octanol–water partition coefficient (Wildman–Crippen LogP) is 4.98. The van der Waals surface area contributed by atoms with E-state index < -0.39 is 10.0 Å². The monoisotopic (exact) mass is 569 g/mol. The standard InChI is InChI=1S/C24H20BrN5O3S2/c25-18-4-6-20(7-5-18)35(32,33)28-11-10-27-21-15-17(8-9-26-21)23-22(16-2-1-3-19(31)14-16)29-24-30(23)12-13-34-24/h1-9,12-15,28,31H,10-11H2,(H,26,27). The Morgan fingerprint density at radius 1 is 1.03 bits per heavy atom. The van der Waals surface area contributed by atoms with Crippen molar-refractivity contribution in [2.24, 2.45) is 0 Å². The molecule has 0 aliphatic heterocycles. The van der Waals surface area contributed by atoms with Gasteiger partial charge in [0.15, 0.2) is 4.96 Å². The molecule has 0 bridgehead atoms. The number of thiazole rings is 1. The molecule has 0 fully saturated rings. The molecule has 0 amide bonds. The summed E-state index contributed by atoms with van der Waals surface area (Å²) in [6.07, 6.45) is 3.65. The van der Waals surface area contributed by atoms with E-state index in [1.165, 1.54) is 11.3 Å². The Morgan fingerprint density at radius 3 is 2.66 bits per heavy atom. The van der Waals surface area contributed by atoms with E-state index in [4.69, 9.17) is 4.98 Å². The van der Waals surface area contributed by atoms with Crippen LogP contribution in [0.5, 0.6) is 5.75 Å². The number of benzene rings is 2. The summed E-state index contributed by atoms with van der Waals surface area (Å²) < 4.78 is 30.3. The molecule has 3 N–H and O–H groups in total. The Labute approximate surface area is 214 Å². The van der Waals surface area contributed by atoms with Crippen molar-refractivity contribution >= 4 is 48.1 Å². The summed E-state index contributed by atoms with van der Waals surface area (Å²) in [5.74, 6) is 0.782. The Morgan fingerprint density at radius 2 is 1.86 bits per heavy atom. The van der Waals surface area contributed by atoms with E-state index in [1.807, 2.05) is 34.2 Å². The first-order valence-corrected chi connectivity index (χ1v) is 13.8. The quantitative estimate of drug-likeness (QED) is 0.227. The highest BCUT2D eigenvalue weighted by molar-refractivity contribution is 9.10. The number of anilines is 1. The topological polar surface area (TPSA) is 109 Å². The molecule has 0 saturated heterocycles. The van der Waals surface area contributed by atoms with E-state index in [1.54, 1.807) is 48.7 Å². The van der Waals surface area contributed by atoms with Gasteiger partial charge in [0.1, 0.15) is 11.6 Å². The van der Waals surface area contributed by atoms with Gasteiger partial charge in [0.05, 0.1) is 16.3 Å². The van der Waals surface area contributed by atoms with Crippen molar-refractivity contribution in [2.45, 2.75) is 4.90 Å². The molecule has 0 radical (unpaired) electrons. The fourth-order valence-electron chi connectivity index (χ4n) is 3.66. The van der Waals surface area contributed by atoms with Gasteiger partial charge in [-0.25, -0.2) is 23.1 Å². The summed E-state index contributed by atoms with van der Waals surface area (Å²) in [6, 6.07) is 17.3. The van der Waals surface area contributed by atoms with E-state index >= 15 is 0 Å². The number of fused-ring (bicyclic) bond motifs is 1. The van der Waals surface area contributed by atoms with Crippen LogP contribution in [0.25, 0.3) is 27.5 Å². The molecule has 0 spiro atoms. The van der Waals surface area contributed by atoms with E-state index in [0.717, 1.165) is 31.9 Å². The van der Waals surface area contributed by atoms with Gasteiger partial charge in [-0.2, -0.15) is 0 Å². The molecule has 0 atom stereocenters. The molecule has 0 aliphatic rings. The third kappa shape index (κ3) is 5.08. The highest BCUT2D eigenvalue weighted by Gasteiger charge is 2.18. The number of phenolic OH excluding ortho intramolecular Hbond substituents is 1.